The van der Waals surface area contributed by atoms with Gasteiger partial charge in [-0.15, -0.1) is 0 Å². The van der Waals surface area contributed by atoms with Crippen LogP contribution in [-0.2, 0) is 30.4 Å². The van der Waals surface area contributed by atoms with Crippen molar-refractivity contribution in [2.24, 2.45) is 5.41 Å². The number of amides is 1. The topological polar surface area (TPSA) is 72.5 Å². The standard InChI is InChI=1S/C32H28ClF8NO4/c1-30(2,32(39,40)41)27(44)12-7-18-5-10-24(33)22(13-18)25(43)15-20-6-11-26(46-17-28(34)35)23(14-20)29(45)42-16-19-3-8-21(9-4-19)31(36,37)38/h3-6,8-11,13-14,28H,7,12,15-17H2,1-2H3,(H,42,45). The summed E-state index contributed by atoms with van der Waals surface area (Å²) in [5.74, 6) is -2.62. The summed E-state index contributed by atoms with van der Waals surface area (Å²) in [5.41, 5.74) is -2.69. The number of halogens is 9. The summed E-state index contributed by atoms with van der Waals surface area (Å²) in [6.45, 7) is 0.334. The number of carbonyl (C=O) groups excluding carboxylic acids is 3. The van der Waals surface area contributed by atoms with E-state index in [1.54, 1.807) is 0 Å². The van der Waals surface area contributed by atoms with Crippen molar-refractivity contribution in [3.05, 3.63) is 99.1 Å². The van der Waals surface area contributed by atoms with Crippen LogP contribution in [0.3, 0.4) is 0 Å². The van der Waals surface area contributed by atoms with Crippen molar-refractivity contribution in [1.29, 1.82) is 0 Å². The second kappa shape index (κ2) is 14.6. The van der Waals surface area contributed by atoms with Gasteiger partial charge in [-0.1, -0.05) is 35.9 Å². The first-order chi connectivity index (χ1) is 21.3. The molecule has 0 radical (unpaired) electrons. The molecular formula is C32H28ClF8NO4. The van der Waals surface area contributed by atoms with Crippen molar-refractivity contribution < 1.29 is 54.2 Å². The number of hydrogen-bond donors (Lipinski definition) is 1. The summed E-state index contributed by atoms with van der Waals surface area (Å²) in [4.78, 5) is 38.5. The van der Waals surface area contributed by atoms with E-state index in [2.05, 4.69) is 5.32 Å². The first-order valence-corrected chi connectivity index (χ1v) is 14.1. The number of carbonyl (C=O) groups is 3. The Balaban J connectivity index is 1.78. The number of ether oxygens (including phenoxy) is 1. The van der Waals surface area contributed by atoms with Crippen molar-refractivity contribution in [3.63, 3.8) is 0 Å². The number of ketones is 2. The van der Waals surface area contributed by atoms with Gasteiger partial charge in [-0.25, -0.2) is 8.78 Å². The number of Topliss-reactive ketones (excluding diaryl/α,β-unsaturated/α-hetero) is 2. The smallest absolute Gasteiger partial charge is 0.416 e. The zero-order valence-corrected chi connectivity index (χ0v) is 25.2. The fourth-order valence-electron chi connectivity index (χ4n) is 4.18. The fourth-order valence-corrected chi connectivity index (χ4v) is 4.41. The molecule has 5 nitrogen and oxygen atoms in total. The molecule has 0 aliphatic carbocycles. The van der Waals surface area contributed by atoms with Crippen LogP contribution in [0.2, 0.25) is 5.02 Å². The molecule has 0 aromatic heterocycles. The minimum Gasteiger partial charge on any atom is -0.487 e. The number of benzene rings is 3. The first-order valence-electron chi connectivity index (χ1n) is 13.7. The van der Waals surface area contributed by atoms with Crippen molar-refractivity contribution in [1.82, 2.24) is 5.32 Å². The average Bonchev–Trinajstić information content (AvgIpc) is 2.97. The second-order valence-electron chi connectivity index (χ2n) is 10.9. The molecule has 0 bridgehead atoms. The summed E-state index contributed by atoms with van der Waals surface area (Å²) < 4.78 is 109. The molecule has 0 saturated heterocycles. The van der Waals surface area contributed by atoms with Crippen molar-refractivity contribution in [3.8, 4) is 5.75 Å². The van der Waals surface area contributed by atoms with Gasteiger partial charge in [0.05, 0.1) is 16.1 Å². The van der Waals surface area contributed by atoms with Crippen molar-refractivity contribution >= 4 is 29.1 Å². The van der Waals surface area contributed by atoms with Gasteiger partial charge >= 0.3 is 12.4 Å². The van der Waals surface area contributed by atoms with E-state index in [0.29, 0.717) is 11.1 Å². The highest BCUT2D eigenvalue weighted by molar-refractivity contribution is 6.34. The predicted octanol–water partition coefficient (Wildman–Crippen LogP) is 8.45. The molecule has 0 aliphatic heterocycles. The van der Waals surface area contributed by atoms with Crippen LogP contribution >= 0.6 is 11.6 Å². The molecule has 3 aromatic carbocycles. The Morgan fingerprint density at radius 2 is 1.41 bits per heavy atom. The molecule has 46 heavy (non-hydrogen) atoms. The van der Waals surface area contributed by atoms with E-state index in [1.165, 1.54) is 36.4 Å². The Hall–Kier alpha value is -4.00. The van der Waals surface area contributed by atoms with Crippen LogP contribution in [0.4, 0.5) is 35.1 Å². The Morgan fingerprint density at radius 3 is 2.00 bits per heavy atom. The number of aryl methyl sites for hydroxylation is 1. The van der Waals surface area contributed by atoms with Gasteiger partial charge in [0.25, 0.3) is 12.3 Å². The average molecular weight is 678 g/mol. The maximum Gasteiger partial charge on any atom is 0.416 e. The third-order valence-electron chi connectivity index (χ3n) is 7.13. The van der Waals surface area contributed by atoms with Crippen LogP contribution < -0.4 is 10.1 Å². The van der Waals surface area contributed by atoms with Gasteiger partial charge in [-0.2, -0.15) is 26.3 Å². The quantitative estimate of drug-likeness (QED) is 0.146. The van der Waals surface area contributed by atoms with E-state index in [4.69, 9.17) is 16.3 Å². The van der Waals surface area contributed by atoms with E-state index in [1.807, 2.05) is 0 Å². The summed E-state index contributed by atoms with van der Waals surface area (Å²) in [7, 11) is 0. The third kappa shape index (κ3) is 9.51. The van der Waals surface area contributed by atoms with E-state index in [9.17, 15) is 49.5 Å². The van der Waals surface area contributed by atoms with Gasteiger partial charge in [0, 0.05) is 24.9 Å². The monoisotopic (exact) mass is 677 g/mol. The SMILES string of the molecule is CC(C)(C(=O)CCc1ccc(Cl)c(C(=O)Cc2ccc(OCC(F)F)c(C(=O)NCc3ccc(C(F)(F)F)cc3)c2)c1)C(F)(F)F. The van der Waals surface area contributed by atoms with Gasteiger partial charge in [-0.3, -0.25) is 14.4 Å². The fraction of sp³-hybridized carbons (Fsp3) is 0.344. The van der Waals surface area contributed by atoms with Crippen LogP contribution in [0.25, 0.3) is 0 Å². The molecule has 0 aliphatic rings. The maximum absolute atomic E-state index is 13.2. The van der Waals surface area contributed by atoms with Gasteiger partial charge in [0.1, 0.15) is 23.6 Å². The summed E-state index contributed by atoms with van der Waals surface area (Å²) in [6, 6.07) is 12.0. The highest BCUT2D eigenvalue weighted by Gasteiger charge is 2.51. The Kier molecular flexibility index (Phi) is 11.6. The summed E-state index contributed by atoms with van der Waals surface area (Å²) in [6.07, 6.45) is -13.0. The molecule has 1 amide bonds. The van der Waals surface area contributed by atoms with E-state index < -0.39 is 60.3 Å². The highest BCUT2D eigenvalue weighted by atomic mass is 35.5. The molecule has 0 spiro atoms. The van der Waals surface area contributed by atoms with Crippen LogP contribution in [-0.4, -0.2) is 36.7 Å². The van der Waals surface area contributed by atoms with E-state index >= 15 is 0 Å². The molecule has 248 valence electrons. The normalized spacial score (nSPS) is 12.3. The Morgan fingerprint density at radius 1 is 0.826 bits per heavy atom. The van der Waals surface area contributed by atoms with Crippen LogP contribution in [0, 0.1) is 5.41 Å². The number of nitrogens with one attached hydrogen (secondary N) is 1. The van der Waals surface area contributed by atoms with Gasteiger partial charge in [-0.05, 0) is 73.4 Å². The lowest BCUT2D eigenvalue weighted by Crippen LogP contribution is -2.39. The van der Waals surface area contributed by atoms with Gasteiger partial charge in [0.2, 0.25) is 0 Å². The zero-order chi connectivity index (χ0) is 34.4. The van der Waals surface area contributed by atoms with E-state index in [0.717, 1.165) is 38.1 Å². The van der Waals surface area contributed by atoms with Gasteiger partial charge < -0.3 is 10.1 Å². The third-order valence-corrected chi connectivity index (χ3v) is 7.46. The first kappa shape index (κ1) is 36.5. The number of alkyl halides is 8. The Labute approximate surface area is 263 Å². The summed E-state index contributed by atoms with van der Waals surface area (Å²) in [5, 5.41) is 2.51. The van der Waals surface area contributed by atoms with Crippen molar-refractivity contribution in [2.75, 3.05) is 6.61 Å². The predicted molar refractivity (Wildman–Crippen MR) is 153 cm³/mol. The lowest BCUT2D eigenvalue weighted by molar-refractivity contribution is -0.210. The minimum absolute atomic E-state index is 0.00743. The molecule has 0 saturated carbocycles. The van der Waals surface area contributed by atoms with Crippen LogP contribution in [0.5, 0.6) is 5.75 Å². The van der Waals surface area contributed by atoms with Gasteiger partial charge in [0.15, 0.2) is 5.78 Å². The van der Waals surface area contributed by atoms with Crippen LogP contribution in [0.1, 0.15) is 63.2 Å². The largest absolute Gasteiger partial charge is 0.487 e. The molecule has 3 aromatic rings. The molecule has 0 unspecified atom stereocenters. The molecular weight excluding hydrogens is 650 g/mol. The molecule has 0 heterocycles. The highest BCUT2D eigenvalue weighted by Crippen LogP contribution is 2.39. The molecule has 0 atom stereocenters. The zero-order valence-electron chi connectivity index (χ0n) is 24.4. The number of rotatable bonds is 13. The maximum atomic E-state index is 13.2. The second-order valence-corrected chi connectivity index (χ2v) is 11.3. The Bertz CT molecular complexity index is 1570. The summed E-state index contributed by atoms with van der Waals surface area (Å²) >= 11 is 6.21. The molecule has 3 rings (SSSR count). The molecule has 1 N–H and O–H groups in total. The molecule has 14 heteroatoms. The van der Waals surface area contributed by atoms with E-state index in [-0.39, 0.29) is 46.8 Å². The molecule has 0 fully saturated rings. The van der Waals surface area contributed by atoms with Crippen molar-refractivity contribution in [2.45, 2.75) is 58.4 Å². The minimum atomic E-state index is -4.73. The number of hydrogen-bond acceptors (Lipinski definition) is 4. The van der Waals surface area contributed by atoms with Crippen LogP contribution in [0.15, 0.2) is 60.7 Å². The lowest BCUT2D eigenvalue weighted by Gasteiger charge is -2.26. The lowest BCUT2D eigenvalue weighted by atomic mass is 9.84.